The molecule has 4 heteroatoms. The quantitative estimate of drug-likeness (QED) is 0.837. The van der Waals surface area contributed by atoms with Crippen molar-refractivity contribution < 1.29 is 4.79 Å². The van der Waals surface area contributed by atoms with Gasteiger partial charge in [-0.1, -0.05) is 43.3 Å². The van der Waals surface area contributed by atoms with Crippen LogP contribution >= 0.6 is 0 Å². The smallest absolute Gasteiger partial charge is 0.244 e. The predicted octanol–water partition coefficient (Wildman–Crippen LogP) is 3.22. The van der Waals surface area contributed by atoms with Crippen LogP contribution in [0.2, 0.25) is 0 Å². The van der Waals surface area contributed by atoms with Gasteiger partial charge in [0.05, 0.1) is 11.7 Å². The van der Waals surface area contributed by atoms with Gasteiger partial charge in [-0.2, -0.15) is 0 Å². The number of carbonyl (C=O) groups excluding carboxylic acids is 1. The predicted molar refractivity (Wildman–Crippen MR) is 105 cm³/mol. The molecule has 0 saturated carbocycles. The van der Waals surface area contributed by atoms with Crippen molar-refractivity contribution >= 4 is 22.4 Å². The average Bonchev–Trinajstić information content (AvgIpc) is 2.68. The maximum Gasteiger partial charge on any atom is 0.244 e. The molecular formula is C21H29N3O. The third-order valence-corrected chi connectivity index (χ3v) is 5.40. The highest BCUT2D eigenvalue weighted by atomic mass is 16.2. The Morgan fingerprint density at radius 3 is 2.40 bits per heavy atom. The van der Waals surface area contributed by atoms with Crippen molar-refractivity contribution in [3.05, 3.63) is 42.5 Å². The van der Waals surface area contributed by atoms with Gasteiger partial charge in [0.15, 0.2) is 0 Å². The van der Waals surface area contributed by atoms with Gasteiger partial charge >= 0.3 is 0 Å². The van der Waals surface area contributed by atoms with Gasteiger partial charge in [0.25, 0.3) is 0 Å². The summed E-state index contributed by atoms with van der Waals surface area (Å²) in [6, 6.07) is 14.4. The molecule has 0 N–H and O–H groups in total. The summed E-state index contributed by atoms with van der Waals surface area (Å²) in [5, 5.41) is 2.32. The standard InChI is InChI=1S/C21H29N3O/c1-4-22-13-15-23(16-14-22)17(3)21(25)24(5-2)20-12-8-10-18-9-6-7-11-19(18)20/h6-12,17H,4-5,13-16H2,1-3H3. The minimum atomic E-state index is -0.0853. The number of hydrogen-bond acceptors (Lipinski definition) is 3. The lowest BCUT2D eigenvalue weighted by Gasteiger charge is -2.38. The van der Waals surface area contributed by atoms with Crippen LogP contribution < -0.4 is 4.90 Å². The Hall–Kier alpha value is -1.91. The summed E-state index contributed by atoms with van der Waals surface area (Å²) < 4.78 is 0. The molecule has 0 radical (unpaired) electrons. The van der Waals surface area contributed by atoms with Gasteiger partial charge in [0, 0.05) is 38.1 Å². The average molecular weight is 339 g/mol. The number of likely N-dealkylation sites (N-methyl/N-ethyl adjacent to an activating group) is 2. The number of piperazine rings is 1. The zero-order valence-corrected chi connectivity index (χ0v) is 15.6. The lowest BCUT2D eigenvalue weighted by atomic mass is 10.1. The number of hydrogen-bond donors (Lipinski definition) is 0. The first-order valence-electron chi connectivity index (χ1n) is 9.41. The molecule has 4 nitrogen and oxygen atoms in total. The third kappa shape index (κ3) is 3.70. The van der Waals surface area contributed by atoms with E-state index in [0.29, 0.717) is 6.54 Å². The van der Waals surface area contributed by atoms with Crippen molar-refractivity contribution in [1.29, 1.82) is 0 Å². The normalized spacial score (nSPS) is 17.6. The fourth-order valence-electron chi connectivity index (χ4n) is 3.74. The highest BCUT2D eigenvalue weighted by Gasteiger charge is 2.29. The molecule has 0 aliphatic carbocycles. The number of nitrogens with zero attached hydrogens (tertiary/aromatic N) is 3. The van der Waals surface area contributed by atoms with Gasteiger partial charge in [-0.05, 0) is 31.8 Å². The molecule has 1 aliphatic heterocycles. The van der Waals surface area contributed by atoms with Crippen LogP contribution in [0.3, 0.4) is 0 Å². The molecule has 3 rings (SSSR count). The van der Waals surface area contributed by atoms with Crippen molar-refractivity contribution in [1.82, 2.24) is 9.80 Å². The second kappa shape index (κ2) is 7.98. The molecule has 134 valence electrons. The molecule has 0 spiro atoms. The van der Waals surface area contributed by atoms with Gasteiger partial charge in [-0.15, -0.1) is 0 Å². The van der Waals surface area contributed by atoms with Gasteiger partial charge in [0.1, 0.15) is 0 Å². The van der Waals surface area contributed by atoms with Crippen molar-refractivity contribution in [3.63, 3.8) is 0 Å². The molecule has 1 fully saturated rings. The first-order valence-corrected chi connectivity index (χ1v) is 9.41. The van der Waals surface area contributed by atoms with Crippen molar-refractivity contribution in [2.75, 3.05) is 44.2 Å². The van der Waals surface area contributed by atoms with E-state index in [-0.39, 0.29) is 11.9 Å². The van der Waals surface area contributed by atoms with Gasteiger partial charge in [-0.3, -0.25) is 9.69 Å². The summed E-state index contributed by atoms with van der Waals surface area (Å²) in [5.41, 5.74) is 1.02. The van der Waals surface area contributed by atoms with Crippen LogP contribution in [0.15, 0.2) is 42.5 Å². The van der Waals surface area contributed by atoms with Crippen LogP contribution in [0.5, 0.6) is 0 Å². The SMILES string of the molecule is CCN1CCN(C(C)C(=O)N(CC)c2cccc3ccccc23)CC1. The first-order chi connectivity index (χ1) is 12.2. The van der Waals surface area contributed by atoms with Crippen LogP contribution in [0.25, 0.3) is 10.8 Å². The Morgan fingerprint density at radius 2 is 1.72 bits per heavy atom. The Kier molecular flexibility index (Phi) is 5.71. The summed E-state index contributed by atoms with van der Waals surface area (Å²) in [6.45, 7) is 12.1. The second-order valence-electron chi connectivity index (χ2n) is 6.73. The topological polar surface area (TPSA) is 26.8 Å². The molecule has 1 saturated heterocycles. The number of anilines is 1. The highest BCUT2D eigenvalue weighted by molar-refractivity contribution is 6.05. The van der Waals surface area contributed by atoms with E-state index in [0.717, 1.165) is 43.8 Å². The molecular weight excluding hydrogens is 310 g/mol. The van der Waals surface area contributed by atoms with Crippen molar-refractivity contribution in [3.8, 4) is 0 Å². The summed E-state index contributed by atoms with van der Waals surface area (Å²) in [7, 11) is 0. The zero-order valence-electron chi connectivity index (χ0n) is 15.6. The lowest BCUT2D eigenvalue weighted by molar-refractivity contribution is -0.123. The zero-order chi connectivity index (χ0) is 17.8. The molecule has 1 atom stereocenters. The Balaban J connectivity index is 1.81. The van der Waals surface area contributed by atoms with Crippen molar-refractivity contribution in [2.24, 2.45) is 0 Å². The minimum absolute atomic E-state index is 0.0853. The molecule has 1 heterocycles. The molecule has 0 bridgehead atoms. The number of benzene rings is 2. The van der Waals surface area contributed by atoms with E-state index in [1.54, 1.807) is 0 Å². The summed E-state index contributed by atoms with van der Waals surface area (Å²) in [4.78, 5) is 19.9. The maximum atomic E-state index is 13.2. The molecule has 2 aromatic carbocycles. The van der Waals surface area contributed by atoms with Crippen LogP contribution in [0, 0.1) is 0 Å². The molecule has 1 aliphatic rings. The maximum absolute atomic E-state index is 13.2. The fraction of sp³-hybridized carbons (Fsp3) is 0.476. The van der Waals surface area contributed by atoms with Gasteiger partial charge < -0.3 is 9.80 Å². The van der Waals surface area contributed by atoms with Crippen LogP contribution in [-0.2, 0) is 4.79 Å². The summed E-state index contributed by atoms with van der Waals surface area (Å²) in [5.74, 6) is 0.198. The summed E-state index contributed by atoms with van der Waals surface area (Å²) >= 11 is 0. The highest BCUT2D eigenvalue weighted by Crippen LogP contribution is 2.27. The first kappa shape index (κ1) is 17.9. The lowest BCUT2D eigenvalue weighted by Crippen LogP contribution is -2.54. The largest absolute Gasteiger partial charge is 0.311 e. The molecule has 1 unspecified atom stereocenters. The number of amides is 1. The second-order valence-corrected chi connectivity index (χ2v) is 6.73. The van der Waals surface area contributed by atoms with E-state index >= 15 is 0 Å². The molecule has 2 aromatic rings. The molecule has 1 amide bonds. The molecule has 0 aromatic heterocycles. The van der Waals surface area contributed by atoms with E-state index in [2.05, 4.69) is 54.8 Å². The van der Waals surface area contributed by atoms with E-state index in [4.69, 9.17) is 0 Å². The summed E-state index contributed by atoms with van der Waals surface area (Å²) in [6.07, 6.45) is 0. The Labute approximate surface area is 151 Å². The number of fused-ring (bicyclic) bond motifs is 1. The van der Waals surface area contributed by atoms with E-state index < -0.39 is 0 Å². The fourth-order valence-corrected chi connectivity index (χ4v) is 3.74. The Morgan fingerprint density at radius 1 is 1.04 bits per heavy atom. The number of carbonyl (C=O) groups is 1. The monoisotopic (exact) mass is 339 g/mol. The number of rotatable bonds is 5. The van der Waals surface area contributed by atoms with Crippen LogP contribution in [0.1, 0.15) is 20.8 Å². The third-order valence-electron chi connectivity index (χ3n) is 5.40. The van der Waals surface area contributed by atoms with E-state index in [1.165, 1.54) is 5.39 Å². The van der Waals surface area contributed by atoms with Gasteiger partial charge in [-0.25, -0.2) is 0 Å². The van der Waals surface area contributed by atoms with Crippen molar-refractivity contribution in [2.45, 2.75) is 26.8 Å². The minimum Gasteiger partial charge on any atom is -0.311 e. The molecule has 25 heavy (non-hydrogen) atoms. The van der Waals surface area contributed by atoms with E-state index in [1.807, 2.05) is 23.1 Å². The Bertz CT molecular complexity index is 717. The van der Waals surface area contributed by atoms with Gasteiger partial charge in [0.2, 0.25) is 5.91 Å². The van der Waals surface area contributed by atoms with Crippen LogP contribution in [-0.4, -0.2) is 61.0 Å². The van der Waals surface area contributed by atoms with E-state index in [9.17, 15) is 4.79 Å². The van der Waals surface area contributed by atoms with Crippen LogP contribution in [0.4, 0.5) is 5.69 Å².